The van der Waals surface area contributed by atoms with Crippen LogP contribution in [0.3, 0.4) is 0 Å². The Morgan fingerprint density at radius 3 is 0.983 bits per heavy atom. The van der Waals surface area contributed by atoms with Crippen LogP contribution < -0.4 is 31.9 Å². The zero-order valence-electron chi connectivity index (χ0n) is 69.9. The van der Waals surface area contributed by atoms with Gasteiger partial charge in [-0.25, -0.2) is 55.1 Å². The van der Waals surface area contributed by atoms with Crippen LogP contribution in [0.1, 0.15) is 180 Å². The first-order chi connectivity index (χ1) is 56.6. The molecule has 1 saturated heterocycles. The van der Waals surface area contributed by atoms with Gasteiger partial charge in [0.15, 0.2) is 57.7 Å². The Balaban J connectivity index is 0.000000168. The van der Waals surface area contributed by atoms with Crippen LogP contribution >= 0.6 is 0 Å². The van der Waals surface area contributed by atoms with Crippen LogP contribution in [0.5, 0.6) is 0 Å². The summed E-state index contributed by atoms with van der Waals surface area (Å²) in [6.07, 6.45) is 3.68. The van der Waals surface area contributed by atoms with Gasteiger partial charge in [-0.3, -0.25) is 33.6 Å². The fourth-order valence-corrected chi connectivity index (χ4v) is 14.0. The van der Waals surface area contributed by atoms with Gasteiger partial charge in [0.1, 0.15) is 53.1 Å². The van der Waals surface area contributed by atoms with Crippen LogP contribution in [0.4, 0.5) is 35.1 Å². The van der Waals surface area contributed by atoms with Gasteiger partial charge < -0.3 is 79.1 Å². The maximum absolute atomic E-state index is 14.5. The lowest BCUT2D eigenvalue weighted by atomic mass is 9.85. The number of nitrogens with one attached hydrogen (secondary N) is 6. The molecule has 0 unspecified atom stereocenters. The number of hydrogen-bond acceptors (Lipinski definition) is 16. The van der Waals surface area contributed by atoms with Crippen LogP contribution in [0, 0.1) is 68.2 Å². The quantitative estimate of drug-likeness (QED) is 0.0442. The topological polar surface area (TPSA) is 323 Å². The van der Waals surface area contributed by atoms with Crippen LogP contribution in [-0.4, -0.2) is 174 Å². The largest absolute Gasteiger partial charge is 0.394 e. The maximum atomic E-state index is 14.5. The van der Waals surface area contributed by atoms with Gasteiger partial charge in [-0.15, -0.1) is 0 Å². The Morgan fingerprint density at radius 1 is 0.383 bits per heavy atom. The molecule has 0 aliphatic carbocycles. The molecule has 0 bridgehead atoms. The van der Waals surface area contributed by atoms with E-state index in [-0.39, 0.29) is 90.3 Å². The third kappa shape index (κ3) is 21.5. The van der Waals surface area contributed by atoms with Gasteiger partial charge in [0, 0.05) is 96.5 Å². The zero-order valence-corrected chi connectivity index (χ0v) is 69.9. The minimum atomic E-state index is -0.992. The van der Waals surface area contributed by atoms with Crippen molar-refractivity contribution in [3.05, 3.63) is 165 Å². The van der Waals surface area contributed by atoms with Crippen molar-refractivity contribution < 1.29 is 92.7 Å². The molecular formula is C85H105F8N15O12. The molecule has 5 aliphatic heterocycles. The number of fused-ring (bicyclic) bond motifs is 4. The molecule has 4 aromatic carbocycles. The minimum absolute atomic E-state index is 0.0316. The van der Waals surface area contributed by atoms with Crippen LogP contribution in [0.15, 0.2) is 72.8 Å². The number of hydrogen-bond donors (Lipinski definition) is 7. The van der Waals surface area contributed by atoms with Crippen molar-refractivity contribution in [3.8, 4) is 45.6 Å². The Bertz CT molecular complexity index is 5090. The van der Waals surface area contributed by atoms with E-state index >= 15 is 0 Å². The van der Waals surface area contributed by atoms with Crippen molar-refractivity contribution in [1.29, 1.82) is 0 Å². The third-order valence-electron chi connectivity index (χ3n) is 20.9. The zero-order chi connectivity index (χ0) is 87.6. The second-order valence-electron chi connectivity index (χ2n) is 34.0. The smallest absolute Gasteiger partial charge is 0.272 e. The number of halogens is 8. The molecule has 5 aliphatic rings. The van der Waals surface area contributed by atoms with E-state index in [1.165, 1.54) is 32.3 Å². The van der Waals surface area contributed by atoms with E-state index in [2.05, 4.69) is 51.8 Å². The van der Waals surface area contributed by atoms with E-state index in [4.69, 9.17) is 18.9 Å². The first-order valence-electron chi connectivity index (χ1n) is 39.7. The molecule has 27 nitrogen and oxygen atoms in total. The SMILES string of the molecule is CC(C)(C)[C@@H](CO)NC(=O)c1nc(-c2ccc(F)c(F)c2)n2c1COCCC2.CC(C)(C)[C@H](NC(=O)c1nc(-c2ccc(F)c(F)c2)n2c1COCCC2)C(=O)N1CCC1.CNC(=O)[C@@H](NC(=O)c1nc(-c2cc(F)ccc2F)n2c1COCCC2)C(C)(C)C.CNC(=O)[C@@H](NC(=O)c1nc(-c2ccc(F)c(F)c2)n2c1COCCC2)C(C)(C)C. The number of carbonyl (C=O) groups excluding carboxylic acids is 7. The average Bonchev–Trinajstić information content (AvgIpc) is 1.64. The van der Waals surface area contributed by atoms with Gasteiger partial charge in [-0.05, 0) is 127 Å². The number of aliphatic hydroxyl groups is 1. The van der Waals surface area contributed by atoms with E-state index in [1.807, 2.05) is 92.2 Å². The molecule has 8 aromatic rings. The Labute approximate surface area is 690 Å². The minimum Gasteiger partial charge on any atom is -0.394 e. The van der Waals surface area contributed by atoms with Gasteiger partial charge in [-0.1, -0.05) is 83.1 Å². The summed E-state index contributed by atoms with van der Waals surface area (Å²) in [7, 11) is 3.00. The molecule has 7 amide bonds. The summed E-state index contributed by atoms with van der Waals surface area (Å²) in [4.78, 5) is 110. The van der Waals surface area contributed by atoms with Crippen molar-refractivity contribution in [2.24, 2.45) is 21.7 Å². The molecule has 120 heavy (non-hydrogen) atoms. The van der Waals surface area contributed by atoms with Gasteiger partial charge in [0.2, 0.25) is 17.7 Å². The highest BCUT2D eigenvalue weighted by Gasteiger charge is 2.41. The molecule has 4 atom stereocenters. The Morgan fingerprint density at radius 2 is 0.692 bits per heavy atom. The lowest BCUT2D eigenvalue weighted by Crippen LogP contribution is -2.57. The first kappa shape index (κ1) is 91.6. The van der Waals surface area contributed by atoms with Crippen molar-refractivity contribution in [2.75, 3.05) is 60.2 Å². The van der Waals surface area contributed by atoms with E-state index in [1.54, 1.807) is 14.0 Å². The number of likely N-dealkylation sites (tertiary alicyclic amines) is 1. The molecule has 35 heteroatoms. The number of ether oxygens (including phenoxy) is 4. The van der Waals surface area contributed by atoms with E-state index in [0.717, 1.165) is 61.0 Å². The number of imidazole rings is 4. The highest BCUT2D eigenvalue weighted by Crippen LogP contribution is 2.35. The molecule has 4 aromatic heterocycles. The molecule has 13 rings (SSSR count). The fourth-order valence-electron chi connectivity index (χ4n) is 14.0. The van der Waals surface area contributed by atoms with E-state index in [0.29, 0.717) is 148 Å². The van der Waals surface area contributed by atoms with E-state index in [9.17, 15) is 73.8 Å². The number of amides is 7. The monoisotopic (exact) mass is 1680 g/mol. The predicted molar refractivity (Wildman–Crippen MR) is 427 cm³/mol. The highest BCUT2D eigenvalue weighted by molar-refractivity contribution is 6.00. The van der Waals surface area contributed by atoms with Crippen molar-refractivity contribution >= 4 is 41.4 Å². The number of aliphatic hydroxyl groups excluding tert-OH is 1. The van der Waals surface area contributed by atoms with Crippen LogP contribution in [0.25, 0.3) is 45.6 Å². The summed E-state index contributed by atoms with van der Waals surface area (Å²) in [5, 5.41) is 26.0. The lowest BCUT2D eigenvalue weighted by Gasteiger charge is -2.38. The molecule has 1 fully saturated rings. The normalized spacial score (nSPS) is 15.8. The molecular weight excluding hydrogens is 1580 g/mol. The Hall–Kier alpha value is -10.8. The summed E-state index contributed by atoms with van der Waals surface area (Å²) >= 11 is 0. The standard InChI is InChI=1S/C23H28F2N4O3.2C21H26F2N4O3.C20H25F2N3O3/c1-23(2,3)19(22(31)28-8-4-9-28)27-21(30)18-17-13-32-11-5-10-29(17)20(26-18)14-6-7-15(24)16(25)12-14;1-21(2,3)17(20(29)24-4)26-19(28)16-15-11-30-9-5-8-27(15)18(25-16)13-10-12(22)6-7-14(13)23;1-21(2,3)17(20(29)24-4)26-19(28)16-15-11-30-9-5-8-27(15)18(25-16)12-6-7-13(22)14(23)10-12;1-20(2,3)16(10-26)23-19(27)17-15-11-28-8-4-7-25(15)18(24-17)12-5-6-13(21)14(22)9-12/h6-7,12,19H,4-5,8-11,13H2,1-3H3,(H,27,30);2*6-7,10,17H,5,8-9,11H2,1-4H3,(H,24,29)(H,26,28);5-6,9,16,26H,4,7-8,10-11H2,1-3H3,(H,23,27)/t19-;2*17-;16-/m1111/s1. The summed E-state index contributed by atoms with van der Waals surface area (Å²) < 4.78 is 139. The predicted octanol–water partition coefficient (Wildman–Crippen LogP) is 11.3. The van der Waals surface area contributed by atoms with Crippen molar-refractivity contribution in [3.63, 3.8) is 0 Å². The molecule has 9 heterocycles. The van der Waals surface area contributed by atoms with Crippen LogP contribution in [-0.2, 0) is 85.9 Å². The van der Waals surface area contributed by atoms with Crippen molar-refractivity contribution in [2.45, 2.75) is 192 Å². The molecule has 7 N–H and O–H groups in total. The van der Waals surface area contributed by atoms with Gasteiger partial charge >= 0.3 is 0 Å². The summed E-state index contributed by atoms with van der Waals surface area (Å²) in [6.45, 7) is 28.3. The van der Waals surface area contributed by atoms with Crippen molar-refractivity contribution in [1.82, 2.24) is 75.0 Å². The Kier molecular flexibility index (Phi) is 29.6. The first-order valence-corrected chi connectivity index (χ1v) is 39.7. The number of nitrogens with zero attached hydrogens (tertiary/aromatic N) is 9. The van der Waals surface area contributed by atoms with Gasteiger partial charge in [0.25, 0.3) is 23.6 Å². The summed E-state index contributed by atoms with van der Waals surface area (Å²) in [5.74, 6) is -8.56. The molecule has 0 saturated carbocycles. The number of rotatable bonds is 16. The highest BCUT2D eigenvalue weighted by atomic mass is 19.2. The number of likely N-dealkylation sites (N-methyl/N-ethyl adjacent to an activating group) is 2. The average molecular weight is 1680 g/mol. The second kappa shape index (κ2) is 38.8. The van der Waals surface area contributed by atoms with Gasteiger partial charge in [-0.2, -0.15) is 0 Å². The molecule has 0 spiro atoms. The number of benzene rings is 4. The van der Waals surface area contributed by atoms with Crippen LogP contribution in [0.2, 0.25) is 0 Å². The summed E-state index contributed by atoms with van der Waals surface area (Å²) in [5.41, 5.74) is 1.73. The molecule has 648 valence electrons. The lowest BCUT2D eigenvalue weighted by molar-refractivity contribution is -0.139. The number of carbonyl (C=O) groups is 7. The molecule has 0 radical (unpaired) electrons. The number of aromatic nitrogens is 8. The fraction of sp³-hybridized carbons (Fsp3) is 0.494. The second-order valence-corrected chi connectivity index (χ2v) is 34.0. The third-order valence-corrected chi connectivity index (χ3v) is 20.9. The summed E-state index contributed by atoms with van der Waals surface area (Å²) in [6, 6.07) is 10.9. The maximum Gasteiger partial charge on any atom is 0.272 e. The van der Waals surface area contributed by atoms with E-state index < -0.39 is 111 Å². The van der Waals surface area contributed by atoms with Gasteiger partial charge in [0.05, 0.1) is 67.4 Å².